The van der Waals surface area contributed by atoms with Crippen molar-refractivity contribution in [2.75, 3.05) is 0 Å². The van der Waals surface area contributed by atoms with E-state index in [1.807, 2.05) is 19.9 Å². The summed E-state index contributed by atoms with van der Waals surface area (Å²) in [7, 11) is 0. The highest BCUT2D eigenvalue weighted by atomic mass is 19.1. The third kappa shape index (κ3) is 3.40. The number of benzene rings is 1. The van der Waals surface area contributed by atoms with E-state index in [0.717, 1.165) is 17.0 Å². The molecular formula is C15H18F2N4. The first kappa shape index (κ1) is 15.5. The summed E-state index contributed by atoms with van der Waals surface area (Å²) in [5.74, 6) is 4.43. The lowest BCUT2D eigenvalue weighted by atomic mass is 9.96. The lowest BCUT2D eigenvalue weighted by molar-refractivity contribution is 0.495. The molecule has 112 valence electrons. The maximum absolute atomic E-state index is 13.8. The van der Waals surface area contributed by atoms with Crippen molar-refractivity contribution < 1.29 is 8.78 Å². The van der Waals surface area contributed by atoms with E-state index in [4.69, 9.17) is 5.84 Å². The van der Waals surface area contributed by atoms with Gasteiger partial charge in [0.25, 0.3) is 0 Å². The predicted octanol–water partition coefficient (Wildman–Crippen LogP) is 2.37. The minimum Gasteiger partial charge on any atom is -0.271 e. The standard InChI is InChI=1S/C15H18F2N4/c1-3-14-11(7-9(2)20-21-14)15(19-18)8-10-12(16)5-4-6-13(10)17/h4-7,15,19H,3,8,18H2,1-2H3. The van der Waals surface area contributed by atoms with E-state index in [1.165, 1.54) is 18.2 Å². The van der Waals surface area contributed by atoms with Crippen LogP contribution < -0.4 is 11.3 Å². The SMILES string of the molecule is CCc1nnc(C)cc1C(Cc1c(F)cccc1F)NN. The molecule has 0 fully saturated rings. The van der Waals surface area contributed by atoms with Gasteiger partial charge < -0.3 is 0 Å². The Morgan fingerprint density at radius 3 is 2.48 bits per heavy atom. The molecule has 0 aliphatic heterocycles. The second-order valence-electron chi connectivity index (χ2n) is 4.86. The van der Waals surface area contributed by atoms with E-state index in [-0.39, 0.29) is 12.0 Å². The molecule has 2 rings (SSSR count). The largest absolute Gasteiger partial charge is 0.271 e. The molecule has 1 aromatic carbocycles. The summed E-state index contributed by atoms with van der Waals surface area (Å²) in [6.07, 6.45) is 0.772. The van der Waals surface area contributed by atoms with Crippen LogP contribution in [0.2, 0.25) is 0 Å². The number of nitrogens with two attached hydrogens (primary N) is 1. The van der Waals surface area contributed by atoms with Crippen molar-refractivity contribution >= 4 is 0 Å². The number of rotatable bonds is 5. The van der Waals surface area contributed by atoms with Crippen molar-refractivity contribution in [1.82, 2.24) is 15.6 Å². The first-order valence-corrected chi connectivity index (χ1v) is 6.79. The van der Waals surface area contributed by atoms with Crippen LogP contribution in [0.4, 0.5) is 8.78 Å². The lowest BCUT2D eigenvalue weighted by Crippen LogP contribution is -2.31. The van der Waals surface area contributed by atoms with Crippen LogP contribution in [-0.4, -0.2) is 10.2 Å². The summed E-state index contributed by atoms with van der Waals surface area (Å²) in [4.78, 5) is 0. The van der Waals surface area contributed by atoms with Gasteiger partial charge in [-0.25, -0.2) is 8.78 Å². The molecule has 0 saturated carbocycles. The molecule has 3 N–H and O–H groups in total. The number of nitrogens with one attached hydrogen (secondary N) is 1. The molecule has 21 heavy (non-hydrogen) atoms. The Labute approximate surface area is 122 Å². The molecule has 0 aliphatic rings. The Kier molecular flexibility index (Phi) is 4.93. The highest BCUT2D eigenvalue weighted by Crippen LogP contribution is 2.24. The highest BCUT2D eigenvalue weighted by Gasteiger charge is 2.19. The van der Waals surface area contributed by atoms with Gasteiger partial charge in [-0.05, 0) is 43.5 Å². The topological polar surface area (TPSA) is 63.8 Å². The molecule has 0 radical (unpaired) electrons. The van der Waals surface area contributed by atoms with Gasteiger partial charge in [-0.1, -0.05) is 13.0 Å². The molecule has 6 heteroatoms. The molecule has 0 saturated heterocycles. The van der Waals surface area contributed by atoms with Crippen LogP contribution >= 0.6 is 0 Å². The Morgan fingerprint density at radius 1 is 1.24 bits per heavy atom. The molecule has 0 bridgehead atoms. The van der Waals surface area contributed by atoms with Crippen LogP contribution in [0.15, 0.2) is 24.3 Å². The summed E-state index contributed by atoms with van der Waals surface area (Å²) >= 11 is 0. The van der Waals surface area contributed by atoms with E-state index >= 15 is 0 Å². The van der Waals surface area contributed by atoms with E-state index in [1.54, 1.807) is 0 Å². The molecule has 2 aromatic rings. The van der Waals surface area contributed by atoms with Crippen LogP contribution in [0.25, 0.3) is 0 Å². The maximum Gasteiger partial charge on any atom is 0.129 e. The number of hydrazine groups is 1. The van der Waals surface area contributed by atoms with E-state index in [0.29, 0.717) is 6.42 Å². The molecule has 0 aliphatic carbocycles. The third-order valence-corrected chi connectivity index (χ3v) is 3.41. The normalized spacial score (nSPS) is 12.4. The van der Waals surface area contributed by atoms with Gasteiger partial charge in [-0.2, -0.15) is 10.2 Å². The molecule has 1 atom stereocenters. The van der Waals surface area contributed by atoms with Crippen molar-refractivity contribution in [3.05, 3.63) is 58.4 Å². The summed E-state index contributed by atoms with van der Waals surface area (Å²) in [6.45, 7) is 3.76. The van der Waals surface area contributed by atoms with Gasteiger partial charge in [0, 0.05) is 5.56 Å². The highest BCUT2D eigenvalue weighted by molar-refractivity contribution is 5.29. The van der Waals surface area contributed by atoms with Crippen LogP contribution in [0.1, 0.15) is 35.5 Å². The third-order valence-electron chi connectivity index (χ3n) is 3.41. The number of aryl methyl sites for hydroxylation is 2. The average molecular weight is 292 g/mol. The number of hydrogen-bond donors (Lipinski definition) is 2. The van der Waals surface area contributed by atoms with Gasteiger partial charge >= 0.3 is 0 Å². The van der Waals surface area contributed by atoms with Gasteiger partial charge in [0.05, 0.1) is 17.4 Å². The van der Waals surface area contributed by atoms with Gasteiger partial charge in [-0.3, -0.25) is 11.3 Å². The van der Waals surface area contributed by atoms with Gasteiger partial charge in [0.2, 0.25) is 0 Å². The number of hydrogen-bond acceptors (Lipinski definition) is 4. The maximum atomic E-state index is 13.8. The molecular weight excluding hydrogens is 274 g/mol. The summed E-state index contributed by atoms with van der Waals surface area (Å²) in [5.41, 5.74) is 4.95. The lowest BCUT2D eigenvalue weighted by Gasteiger charge is -2.19. The molecule has 1 aromatic heterocycles. The summed E-state index contributed by atoms with van der Waals surface area (Å²) in [5, 5.41) is 8.12. The molecule has 1 unspecified atom stereocenters. The fraction of sp³-hybridized carbons (Fsp3) is 0.333. The Balaban J connectivity index is 2.39. The second-order valence-corrected chi connectivity index (χ2v) is 4.86. The van der Waals surface area contributed by atoms with Crippen molar-refractivity contribution in [2.45, 2.75) is 32.7 Å². The van der Waals surface area contributed by atoms with Crippen LogP contribution in [-0.2, 0) is 12.8 Å². The van der Waals surface area contributed by atoms with Crippen molar-refractivity contribution in [2.24, 2.45) is 5.84 Å². The van der Waals surface area contributed by atoms with Gasteiger partial charge in [0.1, 0.15) is 11.6 Å². The summed E-state index contributed by atoms with van der Waals surface area (Å²) < 4.78 is 27.6. The fourth-order valence-electron chi connectivity index (χ4n) is 2.30. The first-order valence-electron chi connectivity index (χ1n) is 6.79. The zero-order valence-corrected chi connectivity index (χ0v) is 12.0. The Morgan fingerprint density at radius 2 is 1.90 bits per heavy atom. The van der Waals surface area contributed by atoms with Crippen molar-refractivity contribution in [1.29, 1.82) is 0 Å². The van der Waals surface area contributed by atoms with Crippen LogP contribution in [0.5, 0.6) is 0 Å². The van der Waals surface area contributed by atoms with Crippen LogP contribution in [0.3, 0.4) is 0 Å². The monoisotopic (exact) mass is 292 g/mol. The first-order chi connectivity index (χ1) is 10.1. The van der Waals surface area contributed by atoms with Crippen molar-refractivity contribution in [3.63, 3.8) is 0 Å². The van der Waals surface area contributed by atoms with E-state index in [9.17, 15) is 8.78 Å². The van der Waals surface area contributed by atoms with Gasteiger partial charge in [0.15, 0.2) is 0 Å². The zero-order chi connectivity index (χ0) is 15.4. The second kappa shape index (κ2) is 6.69. The molecule has 0 spiro atoms. The Bertz CT molecular complexity index is 611. The quantitative estimate of drug-likeness (QED) is 0.656. The van der Waals surface area contributed by atoms with Crippen molar-refractivity contribution in [3.8, 4) is 0 Å². The minimum absolute atomic E-state index is 0.0111. The molecule has 0 amide bonds. The number of aromatic nitrogens is 2. The Hall–Kier alpha value is -1.92. The number of nitrogens with zero attached hydrogens (tertiary/aromatic N) is 2. The zero-order valence-electron chi connectivity index (χ0n) is 12.0. The number of halogens is 2. The van der Waals surface area contributed by atoms with E-state index < -0.39 is 17.7 Å². The minimum atomic E-state index is -0.577. The van der Waals surface area contributed by atoms with E-state index in [2.05, 4.69) is 15.6 Å². The van der Waals surface area contributed by atoms with Gasteiger partial charge in [-0.15, -0.1) is 0 Å². The predicted molar refractivity (Wildman–Crippen MR) is 76.3 cm³/mol. The van der Waals surface area contributed by atoms with Crippen LogP contribution in [0, 0.1) is 18.6 Å². The summed E-state index contributed by atoms with van der Waals surface area (Å²) in [6, 6.07) is 5.23. The smallest absolute Gasteiger partial charge is 0.129 e. The average Bonchev–Trinajstić information content (AvgIpc) is 2.47. The molecule has 4 nitrogen and oxygen atoms in total. The fourth-order valence-corrected chi connectivity index (χ4v) is 2.30. The molecule has 1 heterocycles.